The Labute approximate surface area is 345 Å². The molecule has 58 heavy (non-hydrogen) atoms. The second-order valence-electron chi connectivity index (χ2n) is 13.1. The van der Waals surface area contributed by atoms with Crippen LogP contribution in [-0.4, -0.2) is 31.9 Å². The molecular weight excluding hydrogens is 808 g/mol. The van der Waals surface area contributed by atoms with Gasteiger partial charge in [0.1, 0.15) is 0 Å². The topological polar surface area (TPSA) is 130 Å². The highest BCUT2D eigenvalue weighted by Crippen LogP contribution is 2.30. The first-order chi connectivity index (χ1) is 27.5. The molecule has 8 nitrogen and oxygen atoms in total. The van der Waals surface area contributed by atoms with Crippen molar-refractivity contribution in [1.82, 2.24) is 4.72 Å². The highest BCUT2D eigenvalue weighted by atomic mass is 35.5. The van der Waals surface area contributed by atoms with E-state index in [1.165, 1.54) is 0 Å². The van der Waals surface area contributed by atoms with Gasteiger partial charge in [0.15, 0.2) is 17.3 Å². The van der Waals surface area contributed by atoms with E-state index in [1.807, 2.05) is 85.3 Å². The number of nitrogens with one attached hydrogen (secondary N) is 3. The summed E-state index contributed by atoms with van der Waals surface area (Å²) in [6, 6.07) is 39.2. The minimum absolute atomic E-state index is 0.0722. The number of carbonyl (C=O) groups excluding carboxylic acids is 2. The molecule has 0 aromatic heterocycles. The van der Waals surface area contributed by atoms with Crippen LogP contribution in [-0.2, 0) is 23.1 Å². The Morgan fingerprint density at radius 1 is 0.603 bits per heavy atom. The molecule has 0 saturated heterocycles. The summed E-state index contributed by atoms with van der Waals surface area (Å²) in [6.07, 6.45) is -4.84. The summed E-state index contributed by atoms with van der Waals surface area (Å²) < 4.78 is 62.6. The van der Waals surface area contributed by atoms with Crippen LogP contribution in [0.25, 0.3) is 0 Å². The zero-order valence-electron chi connectivity index (χ0n) is 31.3. The molecular formula is C44H39Cl2F3N4O4S. The highest BCUT2D eigenvalue weighted by molar-refractivity contribution is 7.89. The van der Waals surface area contributed by atoms with E-state index in [0.29, 0.717) is 50.8 Å². The third-order valence-electron chi connectivity index (χ3n) is 8.86. The SMILES string of the molecule is Cc1ccccc1C(=O)c1ccc(Nc2ccccc2CN)cc1Cl.Cc1ccccc1C(=O)c1ccc(Nc2ccccc2CNS(=O)(=O)CC(F)(F)F)cc1Cl. The number of benzene rings is 6. The number of alkyl halides is 3. The van der Waals surface area contributed by atoms with Crippen molar-refractivity contribution in [1.29, 1.82) is 0 Å². The van der Waals surface area contributed by atoms with Crippen molar-refractivity contribution in [3.05, 3.63) is 188 Å². The molecule has 6 rings (SSSR count). The average molecular weight is 848 g/mol. The molecule has 0 fully saturated rings. The van der Waals surface area contributed by atoms with Gasteiger partial charge in [-0.1, -0.05) is 108 Å². The number of carbonyl (C=O) groups is 2. The molecule has 0 atom stereocenters. The van der Waals surface area contributed by atoms with Crippen LogP contribution >= 0.6 is 23.2 Å². The van der Waals surface area contributed by atoms with Crippen LogP contribution in [0.15, 0.2) is 133 Å². The molecule has 0 aliphatic rings. The van der Waals surface area contributed by atoms with Crippen LogP contribution in [0.2, 0.25) is 10.0 Å². The molecule has 0 bridgehead atoms. The Morgan fingerprint density at radius 3 is 1.45 bits per heavy atom. The number of para-hydroxylation sites is 2. The zero-order chi connectivity index (χ0) is 42.0. The van der Waals surface area contributed by atoms with Crippen molar-refractivity contribution in [2.75, 3.05) is 16.4 Å². The van der Waals surface area contributed by atoms with E-state index in [9.17, 15) is 31.2 Å². The average Bonchev–Trinajstić information content (AvgIpc) is 3.17. The quantitative estimate of drug-likeness (QED) is 0.0852. The zero-order valence-corrected chi connectivity index (χ0v) is 33.7. The predicted molar refractivity (Wildman–Crippen MR) is 226 cm³/mol. The van der Waals surface area contributed by atoms with Crippen molar-refractivity contribution >= 4 is 67.5 Å². The summed E-state index contributed by atoms with van der Waals surface area (Å²) in [5.41, 5.74) is 13.7. The fourth-order valence-corrected chi connectivity index (χ4v) is 7.32. The molecule has 0 heterocycles. The molecule has 0 amide bonds. The third kappa shape index (κ3) is 11.8. The van der Waals surface area contributed by atoms with Gasteiger partial charge in [-0.25, -0.2) is 13.1 Å². The number of ketones is 2. The number of nitrogens with two attached hydrogens (primary N) is 1. The lowest BCUT2D eigenvalue weighted by molar-refractivity contribution is -0.106. The van der Waals surface area contributed by atoms with Crippen LogP contribution in [0.1, 0.15) is 54.1 Å². The van der Waals surface area contributed by atoms with Gasteiger partial charge in [0.25, 0.3) is 0 Å². The summed E-state index contributed by atoms with van der Waals surface area (Å²) >= 11 is 12.7. The van der Waals surface area contributed by atoms with Crippen molar-refractivity contribution in [2.45, 2.75) is 33.1 Å². The molecule has 6 aromatic carbocycles. The first-order valence-electron chi connectivity index (χ1n) is 17.8. The van der Waals surface area contributed by atoms with Gasteiger partial charge in [-0.3, -0.25) is 9.59 Å². The summed E-state index contributed by atoms with van der Waals surface area (Å²) in [5.74, 6) is -2.25. The summed E-state index contributed by atoms with van der Waals surface area (Å²) in [5, 5.41) is 7.01. The smallest absolute Gasteiger partial charge is 0.355 e. The maximum Gasteiger partial charge on any atom is 0.404 e. The number of anilines is 4. The van der Waals surface area contributed by atoms with E-state index >= 15 is 0 Å². The largest absolute Gasteiger partial charge is 0.404 e. The molecule has 14 heteroatoms. The molecule has 6 aromatic rings. The minimum atomic E-state index is -4.84. The molecule has 0 saturated carbocycles. The highest BCUT2D eigenvalue weighted by Gasteiger charge is 2.35. The Hall–Kier alpha value is -5.50. The predicted octanol–water partition coefficient (Wildman–Crippen LogP) is 10.7. The first-order valence-corrected chi connectivity index (χ1v) is 20.2. The van der Waals surface area contributed by atoms with E-state index in [4.69, 9.17) is 28.9 Å². The standard InChI is InChI=1S/C23H20ClF3N2O3S.C21H19ClN2O/c1-15-6-2-4-8-18(15)22(30)19-11-10-17(12-20(19)24)29-21-9-5-3-7-16(21)13-28-33(31,32)14-23(25,26)27;1-14-6-2-4-8-17(14)21(25)18-11-10-16(12-19(18)22)24-20-9-5-3-7-15(20)13-23/h2-12,28-29H,13-14H2,1H3;2-12,24H,13,23H2,1H3. The van der Waals surface area contributed by atoms with Gasteiger partial charge >= 0.3 is 6.18 Å². The van der Waals surface area contributed by atoms with Gasteiger partial charge in [-0.15, -0.1) is 0 Å². The van der Waals surface area contributed by atoms with Gasteiger partial charge in [0.2, 0.25) is 10.0 Å². The Morgan fingerprint density at radius 2 is 1.02 bits per heavy atom. The Balaban J connectivity index is 0.000000229. The molecule has 5 N–H and O–H groups in total. The van der Waals surface area contributed by atoms with E-state index < -0.39 is 22.0 Å². The number of rotatable bonds is 13. The van der Waals surface area contributed by atoms with Gasteiger partial charge < -0.3 is 16.4 Å². The van der Waals surface area contributed by atoms with Crippen LogP contribution in [0.3, 0.4) is 0 Å². The van der Waals surface area contributed by atoms with Gasteiger partial charge in [-0.05, 0) is 84.6 Å². The van der Waals surface area contributed by atoms with Gasteiger partial charge in [-0.2, -0.15) is 13.2 Å². The van der Waals surface area contributed by atoms with E-state index in [1.54, 1.807) is 66.7 Å². The fourth-order valence-electron chi connectivity index (χ4n) is 5.88. The number of sulfonamides is 1. The fraction of sp³-hybridized carbons (Fsp3) is 0.136. The number of hydrogen-bond acceptors (Lipinski definition) is 7. The second kappa shape index (κ2) is 19.3. The monoisotopic (exact) mass is 846 g/mol. The third-order valence-corrected chi connectivity index (χ3v) is 10.8. The van der Waals surface area contributed by atoms with Crippen molar-refractivity contribution in [3.8, 4) is 0 Å². The summed E-state index contributed by atoms with van der Waals surface area (Å²) in [6.45, 7) is 3.86. The molecule has 0 spiro atoms. The van der Waals surface area contributed by atoms with Gasteiger partial charge in [0.05, 0.1) is 10.0 Å². The molecule has 0 radical (unpaired) electrons. The minimum Gasteiger partial charge on any atom is -0.355 e. The van der Waals surface area contributed by atoms with Crippen molar-refractivity contribution in [3.63, 3.8) is 0 Å². The normalized spacial score (nSPS) is 11.3. The maximum atomic E-state index is 12.8. The number of aryl methyl sites for hydroxylation is 2. The molecule has 0 aliphatic heterocycles. The van der Waals surface area contributed by atoms with E-state index in [0.717, 1.165) is 28.1 Å². The molecule has 0 unspecified atom stereocenters. The van der Waals surface area contributed by atoms with Gasteiger partial charge in [0, 0.05) is 58.1 Å². The lowest BCUT2D eigenvalue weighted by Gasteiger charge is -2.15. The van der Waals surface area contributed by atoms with E-state index in [2.05, 4.69) is 10.6 Å². The summed E-state index contributed by atoms with van der Waals surface area (Å²) in [7, 11) is -4.54. The molecule has 300 valence electrons. The van der Waals surface area contributed by atoms with Crippen LogP contribution < -0.4 is 21.1 Å². The first kappa shape index (κ1) is 43.6. The maximum absolute atomic E-state index is 12.8. The van der Waals surface area contributed by atoms with E-state index in [-0.39, 0.29) is 23.1 Å². The van der Waals surface area contributed by atoms with Crippen molar-refractivity contribution in [2.24, 2.45) is 5.73 Å². The Bertz CT molecular complexity index is 2550. The molecule has 0 aliphatic carbocycles. The van der Waals surface area contributed by atoms with Crippen LogP contribution in [0.5, 0.6) is 0 Å². The summed E-state index contributed by atoms with van der Waals surface area (Å²) in [4.78, 5) is 25.6. The van der Waals surface area contributed by atoms with Crippen molar-refractivity contribution < 1.29 is 31.2 Å². The number of hydrogen-bond donors (Lipinski definition) is 4. The number of halogens is 5. The van der Waals surface area contributed by atoms with Crippen LogP contribution in [0, 0.1) is 13.8 Å². The lowest BCUT2D eigenvalue weighted by atomic mass is 9.99. The van der Waals surface area contributed by atoms with Crippen LogP contribution in [0.4, 0.5) is 35.9 Å². The lowest BCUT2D eigenvalue weighted by Crippen LogP contribution is -2.33. The second-order valence-corrected chi connectivity index (χ2v) is 15.8. The Kier molecular flexibility index (Phi) is 14.5.